The number of fused-ring (bicyclic) bond motifs is 1. The quantitative estimate of drug-likeness (QED) is 0.217. The molecule has 0 radical (unpaired) electrons. The lowest BCUT2D eigenvalue weighted by atomic mass is 10.0. The highest BCUT2D eigenvalue weighted by molar-refractivity contribution is 8.00. The molecule has 1 aliphatic rings. The first-order chi connectivity index (χ1) is 13.4. The molecule has 0 saturated heterocycles. The lowest BCUT2D eigenvalue weighted by molar-refractivity contribution is -0.107. The summed E-state index contributed by atoms with van der Waals surface area (Å²) in [5.41, 5.74) is 4.18. The Bertz CT molecular complexity index is 926. The molecule has 0 amide bonds. The zero-order valence-corrected chi connectivity index (χ0v) is 17.9. The second-order valence-electron chi connectivity index (χ2n) is 7.40. The Morgan fingerprint density at radius 2 is 2.18 bits per heavy atom. The molecule has 6 nitrogen and oxygen atoms in total. The van der Waals surface area contributed by atoms with Crippen LogP contribution in [0.2, 0.25) is 0 Å². The molecular formula is C21H27N3O3S. The van der Waals surface area contributed by atoms with Gasteiger partial charge in [0.15, 0.2) is 17.6 Å². The Morgan fingerprint density at radius 1 is 1.43 bits per heavy atom. The number of ether oxygens (including phenoxy) is 1. The van der Waals surface area contributed by atoms with Gasteiger partial charge in [-0.15, -0.1) is 0 Å². The van der Waals surface area contributed by atoms with E-state index in [2.05, 4.69) is 18.6 Å². The molecule has 28 heavy (non-hydrogen) atoms. The summed E-state index contributed by atoms with van der Waals surface area (Å²) in [5.74, 6) is 1.96. The molecule has 1 aromatic carbocycles. The van der Waals surface area contributed by atoms with E-state index >= 15 is 0 Å². The number of carbonyl (C=O) groups excluding carboxylic acids is 1. The number of benzene rings is 1. The third-order valence-corrected chi connectivity index (χ3v) is 5.37. The molecule has 0 atom stereocenters. The van der Waals surface area contributed by atoms with Gasteiger partial charge in [0.1, 0.15) is 5.52 Å². The van der Waals surface area contributed by atoms with Gasteiger partial charge >= 0.3 is 0 Å². The standard InChI is InChI=1S/C21H27N3O3S/c1-6-28-23-15-10-17(14(12-24(3)4)9-16(13-25)26-5)19-18(11-15)22-20(27-19)21(2)7-8-21/h9-13,23H,6-8H2,1-5H3/b14-12+,16-9+. The summed E-state index contributed by atoms with van der Waals surface area (Å²) in [5, 5.41) is 0. The summed E-state index contributed by atoms with van der Waals surface area (Å²) >= 11 is 1.62. The van der Waals surface area contributed by atoms with Crippen molar-refractivity contribution < 1.29 is 13.9 Å². The van der Waals surface area contributed by atoms with Crippen molar-refractivity contribution in [1.82, 2.24) is 9.88 Å². The molecule has 150 valence electrons. The Hall–Kier alpha value is -2.41. The van der Waals surface area contributed by atoms with E-state index in [-0.39, 0.29) is 11.2 Å². The van der Waals surface area contributed by atoms with Gasteiger partial charge in [0.2, 0.25) is 5.89 Å². The molecule has 1 saturated carbocycles. The van der Waals surface area contributed by atoms with E-state index in [1.54, 1.807) is 18.0 Å². The van der Waals surface area contributed by atoms with E-state index in [0.717, 1.165) is 52.4 Å². The maximum Gasteiger partial charge on any atom is 0.201 e. The fraction of sp³-hybridized carbons (Fsp3) is 0.429. The zero-order chi connectivity index (χ0) is 20.3. The minimum Gasteiger partial charge on any atom is -0.493 e. The highest BCUT2D eigenvalue weighted by Crippen LogP contribution is 2.48. The molecule has 0 unspecified atom stereocenters. The number of rotatable bonds is 9. The zero-order valence-electron chi connectivity index (χ0n) is 17.0. The number of anilines is 1. The topological polar surface area (TPSA) is 67.6 Å². The van der Waals surface area contributed by atoms with Crippen molar-refractivity contribution >= 4 is 40.6 Å². The molecule has 1 heterocycles. The third kappa shape index (κ3) is 4.35. The van der Waals surface area contributed by atoms with Gasteiger partial charge in [0.05, 0.1) is 7.11 Å². The van der Waals surface area contributed by atoms with E-state index in [9.17, 15) is 4.79 Å². The predicted octanol–water partition coefficient (Wildman–Crippen LogP) is 4.59. The fourth-order valence-electron chi connectivity index (χ4n) is 2.88. The molecule has 1 aromatic heterocycles. The molecule has 2 aromatic rings. The van der Waals surface area contributed by atoms with Crippen molar-refractivity contribution in [3.8, 4) is 0 Å². The summed E-state index contributed by atoms with van der Waals surface area (Å²) < 4.78 is 14.8. The van der Waals surface area contributed by atoms with E-state index in [1.165, 1.54) is 7.11 Å². The number of aldehydes is 1. The van der Waals surface area contributed by atoms with E-state index in [1.807, 2.05) is 37.3 Å². The Morgan fingerprint density at radius 3 is 2.75 bits per heavy atom. The number of allylic oxidation sites excluding steroid dienone is 3. The monoisotopic (exact) mass is 401 g/mol. The highest BCUT2D eigenvalue weighted by Gasteiger charge is 2.44. The first kappa shape index (κ1) is 20.3. The van der Waals surface area contributed by atoms with Crippen LogP contribution >= 0.6 is 11.9 Å². The summed E-state index contributed by atoms with van der Waals surface area (Å²) in [6, 6.07) is 4.04. The van der Waals surface area contributed by atoms with Crippen LogP contribution in [0.25, 0.3) is 16.7 Å². The molecule has 0 bridgehead atoms. The Kier molecular flexibility index (Phi) is 6.03. The van der Waals surface area contributed by atoms with Gasteiger partial charge in [0, 0.05) is 48.3 Å². The number of nitrogens with one attached hydrogen (secondary N) is 1. The minimum absolute atomic E-state index is 0.0315. The predicted molar refractivity (Wildman–Crippen MR) is 115 cm³/mol. The van der Waals surface area contributed by atoms with Gasteiger partial charge < -0.3 is 18.8 Å². The number of methoxy groups -OCH3 is 1. The van der Waals surface area contributed by atoms with Crippen LogP contribution < -0.4 is 4.72 Å². The molecule has 1 aliphatic carbocycles. The number of hydrogen-bond acceptors (Lipinski definition) is 7. The van der Waals surface area contributed by atoms with Crippen molar-refractivity contribution in [2.24, 2.45) is 0 Å². The maximum atomic E-state index is 11.3. The maximum absolute atomic E-state index is 11.3. The first-order valence-electron chi connectivity index (χ1n) is 9.32. The second-order valence-corrected chi connectivity index (χ2v) is 8.47. The smallest absolute Gasteiger partial charge is 0.201 e. The Labute approximate surface area is 170 Å². The Balaban J connectivity index is 2.20. The lowest BCUT2D eigenvalue weighted by Crippen LogP contribution is -2.03. The van der Waals surface area contributed by atoms with Crippen LogP contribution in [0.15, 0.2) is 34.6 Å². The van der Waals surface area contributed by atoms with Gasteiger partial charge in [-0.25, -0.2) is 4.98 Å². The fourth-order valence-corrected chi connectivity index (χ4v) is 3.31. The van der Waals surface area contributed by atoms with Crippen molar-refractivity contribution in [1.29, 1.82) is 0 Å². The summed E-state index contributed by atoms with van der Waals surface area (Å²) in [6.07, 6.45) is 6.54. The highest BCUT2D eigenvalue weighted by atomic mass is 32.2. The number of hydrogen-bond donors (Lipinski definition) is 1. The van der Waals surface area contributed by atoms with Crippen molar-refractivity contribution in [3.05, 3.63) is 41.6 Å². The SMILES string of the molecule is CCSNc1cc(C(/C=C(\C=O)OC)=C/N(C)C)c2oc(C3(C)CC3)nc2c1. The molecule has 1 N–H and O–H groups in total. The van der Waals surface area contributed by atoms with Crippen LogP contribution in [0.5, 0.6) is 0 Å². The van der Waals surface area contributed by atoms with Crippen LogP contribution in [-0.2, 0) is 14.9 Å². The number of oxazole rings is 1. The normalized spacial score (nSPS) is 16.2. The van der Waals surface area contributed by atoms with Gasteiger partial charge in [-0.05, 0) is 31.1 Å². The van der Waals surface area contributed by atoms with Crippen molar-refractivity contribution in [2.75, 3.05) is 31.7 Å². The molecule has 3 rings (SSSR count). The number of carbonyl (C=O) groups is 1. The molecule has 1 fully saturated rings. The van der Waals surface area contributed by atoms with Crippen LogP contribution in [0, 0.1) is 0 Å². The van der Waals surface area contributed by atoms with E-state index in [0.29, 0.717) is 6.29 Å². The van der Waals surface area contributed by atoms with Crippen LogP contribution in [0.1, 0.15) is 38.1 Å². The van der Waals surface area contributed by atoms with Crippen molar-refractivity contribution in [3.63, 3.8) is 0 Å². The minimum atomic E-state index is 0.0315. The average Bonchev–Trinajstić information content (AvgIpc) is 3.26. The summed E-state index contributed by atoms with van der Waals surface area (Å²) in [6.45, 7) is 4.27. The van der Waals surface area contributed by atoms with Gasteiger partial charge in [0.25, 0.3) is 0 Å². The molecule has 0 aliphatic heterocycles. The van der Waals surface area contributed by atoms with Gasteiger partial charge in [-0.1, -0.05) is 25.8 Å². The van der Waals surface area contributed by atoms with Crippen LogP contribution in [-0.4, -0.2) is 43.1 Å². The molecule has 7 heteroatoms. The molecular weight excluding hydrogens is 374 g/mol. The largest absolute Gasteiger partial charge is 0.493 e. The van der Waals surface area contributed by atoms with Crippen LogP contribution in [0.3, 0.4) is 0 Å². The third-order valence-electron chi connectivity index (χ3n) is 4.70. The summed E-state index contributed by atoms with van der Waals surface area (Å²) in [4.78, 5) is 18.0. The lowest BCUT2D eigenvalue weighted by Gasteiger charge is -2.12. The van der Waals surface area contributed by atoms with Crippen LogP contribution in [0.4, 0.5) is 5.69 Å². The summed E-state index contributed by atoms with van der Waals surface area (Å²) in [7, 11) is 5.36. The number of aromatic nitrogens is 1. The first-order valence-corrected chi connectivity index (χ1v) is 10.3. The van der Waals surface area contributed by atoms with E-state index in [4.69, 9.17) is 14.1 Å². The second kappa shape index (κ2) is 8.31. The van der Waals surface area contributed by atoms with Gasteiger partial charge in [-0.2, -0.15) is 0 Å². The van der Waals surface area contributed by atoms with Gasteiger partial charge in [-0.3, -0.25) is 4.79 Å². The average molecular weight is 402 g/mol. The number of nitrogens with zero attached hydrogens (tertiary/aromatic N) is 2. The van der Waals surface area contributed by atoms with E-state index < -0.39 is 0 Å². The van der Waals surface area contributed by atoms with Crippen molar-refractivity contribution in [2.45, 2.75) is 32.1 Å². The molecule has 0 spiro atoms.